The molecule has 3 aromatic carbocycles. The van der Waals surface area contributed by atoms with Gasteiger partial charge in [0, 0.05) is 84.3 Å². The number of rotatable bonds is 12. The van der Waals surface area contributed by atoms with Gasteiger partial charge in [-0.1, -0.05) is 60.1 Å². The summed E-state index contributed by atoms with van der Waals surface area (Å²) in [6, 6.07) is 22.7. The van der Waals surface area contributed by atoms with Crippen molar-refractivity contribution in [3.05, 3.63) is 101 Å². The Hall–Kier alpha value is -5.22. The van der Waals surface area contributed by atoms with Gasteiger partial charge in [-0.05, 0) is 62.6 Å². The number of nitrogens with zero attached hydrogens (tertiary/aromatic N) is 4. The fourth-order valence-electron chi connectivity index (χ4n) is 5.51. The highest BCUT2D eigenvalue weighted by Crippen LogP contribution is 2.30. The van der Waals surface area contributed by atoms with Gasteiger partial charge in [-0.3, -0.25) is 14.6 Å². The van der Waals surface area contributed by atoms with Crippen LogP contribution >= 0.6 is 11.6 Å². The predicted molar refractivity (Wildman–Crippen MR) is 194 cm³/mol. The van der Waals surface area contributed by atoms with Gasteiger partial charge in [0.2, 0.25) is 11.8 Å². The lowest BCUT2D eigenvalue weighted by atomic mass is 10.0. The van der Waals surface area contributed by atoms with E-state index in [4.69, 9.17) is 27.1 Å². The second-order valence-corrected chi connectivity index (χ2v) is 13.3. The number of amides is 3. The molecule has 254 valence electrons. The second kappa shape index (κ2) is 15.3. The third-order valence-electron chi connectivity index (χ3n) is 8.01. The quantitative estimate of drug-likeness (QED) is 0.132. The van der Waals surface area contributed by atoms with E-state index in [1.165, 1.54) is 0 Å². The maximum absolute atomic E-state index is 13.2. The minimum atomic E-state index is -0.668. The molecule has 2 aromatic heterocycles. The molecule has 5 aromatic rings. The number of ether oxygens (including phenoxy) is 1. The van der Waals surface area contributed by atoms with Gasteiger partial charge in [0.15, 0.2) is 0 Å². The molecule has 0 saturated heterocycles. The first-order valence-corrected chi connectivity index (χ1v) is 16.5. The molecule has 0 aliphatic rings. The molecular formula is C38H41ClN6O4. The summed E-state index contributed by atoms with van der Waals surface area (Å²) in [4.78, 5) is 50.3. The van der Waals surface area contributed by atoms with Crippen molar-refractivity contribution in [2.45, 2.75) is 45.8 Å². The third kappa shape index (κ3) is 9.03. The summed E-state index contributed by atoms with van der Waals surface area (Å²) in [6.07, 6.45) is 3.72. The van der Waals surface area contributed by atoms with Crippen LogP contribution < -0.4 is 11.1 Å². The molecule has 0 aliphatic heterocycles. The molecule has 3 amide bonds. The number of pyridine rings is 2. The molecule has 0 spiro atoms. The molecule has 11 heteroatoms. The Morgan fingerprint density at radius 2 is 1.71 bits per heavy atom. The third-order valence-corrected chi connectivity index (χ3v) is 8.32. The second-order valence-electron chi connectivity index (χ2n) is 12.9. The van der Waals surface area contributed by atoms with Crippen LogP contribution in [0.15, 0.2) is 85.2 Å². The topological polar surface area (TPSA) is 131 Å². The summed E-state index contributed by atoms with van der Waals surface area (Å²) in [6.45, 7) is 6.97. The highest BCUT2D eigenvalue weighted by molar-refractivity contribution is 6.33. The zero-order chi connectivity index (χ0) is 35.1. The number of aromatic nitrogens is 2. The predicted octanol–water partition coefficient (Wildman–Crippen LogP) is 7.29. The first-order valence-electron chi connectivity index (χ1n) is 16.2. The van der Waals surface area contributed by atoms with Crippen LogP contribution in [0.1, 0.15) is 49.5 Å². The number of hydrogen-bond donors (Lipinski definition) is 2. The lowest BCUT2D eigenvalue weighted by Gasteiger charge is -2.28. The van der Waals surface area contributed by atoms with Crippen LogP contribution in [0.25, 0.3) is 32.8 Å². The SMILES string of the molecule is CN(CCNc1nc2cc(C(N)=O)ccc2c2cnccc12)C(=O)CCCN(Cc1ccc(-c2ccccc2)c(Cl)c1)C(=O)OC(C)(C)C. The number of anilines is 1. The normalized spacial score (nSPS) is 11.4. The maximum Gasteiger partial charge on any atom is 0.410 e. The number of carbonyl (C=O) groups excluding carboxylic acids is 3. The average molecular weight is 681 g/mol. The number of carbonyl (C=O) groups is 3. The van der Waals surface area contributed by atoms with E-state index in [0.29, 0.717) is 54.5 Å². The van der Waals surface area contributed by atoms with E-state index < -0.39 is 17.6 Å². The van der Waals surface area contributed by atoms with Gasteiger partial charge in [-0.2, -0.15) is 0 Å². The first kappa shape index (κ1) is 35.1. The van der Waals surface area contributed by atoms with Crippen molar-refractivity contribution in [2.24, 2.45) is 5.73 Å². The standard InChI is InChI=1S/C38H41ClN6O4/c1-38(2,3)49-37(48)45(24-25-12-14-28(32(39)21-25)26-9-6-5-7-10-26)19-8-11-34(46)44(4)20-18-42-36-30-16-17-41-23-31(30)29-15-13-27(35(40)47)22-33(29)43-36/h5-7,9-10,12-17,21-23H,8,11,18-20,24H2,1-4H3,(H2,40,47)(H,42,43). The number of benzene rings is 3. The molecule has 3 N–H and O–H groups in total. The van der Waals surface area contributed by atoms with E-state index in [1.807, 2.05) is 81.4 Å². The number of nitrogens with two attached hydrogens (primary N) is 1. The van der Waals surface area contributed by atoms with E-state index in [0.717, 1.165) is 32.8 Å². The molecular weight excluding hydrogens is 640 g/mol. The van der Waals surface area contributed by atoms with Gasteiger partial charge >= 0.3 is 6.09 Å². The maximum atomic E-state index is 13.2. The molecule has 0 unspecified atom stereocenters. The summed E-state index contributed by atoms with van der Waals surface area (Å²) in [5.41, 5.74) is 8.60. The van der Waals surface area contributed by atoms with Gasteiger partial charge in [-0.15, -0.1) is 0 Å². The number of primary amides is 1. The van der Waals surface area contributed by atoms with E-state index in [2.05, 4.69) is 10.3 Å². The summed E-state index contributed by atoms with van der Waals surface area (Å²) in [7, 11) is 1.75. The van der Waals surface area contributed by atoms with Crippen LogP contribution in [0.5, 0.6) is 0 Å². The highest BCUT2D eigenvalue weighted by atomic mass is 35.5. The van der Waals surface area contributed by atoms with Gasteiger partial charge in [0.25, 0.3) is 0 Å². The highest BCUT2D eigenvalue weighted by Gasteiger charge is 2.23. The van der Waals surface area contributed by atoms with Crippen molar-refractivity contribution in [3.8, 4) is 11.1 Å². The number of likely N-dealkylation sites (N-methyl/N-ethyl adjacent to an activating group) is 1. The van der Waals surface area contributed by atoms with Crippen LogP contribution in [-0.4, -0.2) is 70.0 Å². The van der Waals surface area contributed by atoms with E-state index in [9.17, 15) is 14.4 Å². The lowest BCUT2D eigenvalue weighted by Crippen LogP contribution is -2.37. The Morgan fingerprint density at radius 1 is 0.939 bits per heavy atom. The van der Waals surface area contributed by atoms with Gasteiger partial charge in [0.1, 0.15) is 11.4 Å². The van der Waals surface area contributed by atoms with Crippen molar-refractivity contribution in [3.63, 3.8) is 0 Å². The zero-order valence-electron chi connectivity index (χ0n) is 28.2. The molecule has 0 fully saturated rings. The van der Waals surface area contributed by atoms with Crippen molar-refractivity contribution in [2.75, 3.05) is 32.0 Å². The number of hydrogen-bond acceptors (Lipinski definition) is 7. The lowest BCUT2D eigenvalue weighted by molar-refractivity contribution is -0.129. The summed E-state index contributed by atoms with van der Waals surface area (Å²) < 4.78 is 5.69. The average Bonchev–Trinajstić information content (AvgIpc) is 3.07. The smallest absolute Gasteiger partial charge is 0.410 e. The van der Waals surface area contributed by atoms with Crippen molar-refractivity contribution in [1.82, 2.24) is 19.8 Å². The van der Waals surface area contributed by atoms with Gasteiger partial charge in [-0.25, -0.2) is 9.78 Å². The molecule has 10 nitrogen and oxygen atoms in total. The van der Waals surface area contributed by atoms with Gasteiger partial charge in [0.05, 0.1) is 5.52 Å². The first-order chi connectivity index (χ1) is 23.4. The molecule has 0 bridgehead atoms. The fraction of sp³-hybridized carbons (Fsp3) is 0.289. The summed E-state index contributed by atoms with van der Waals surface area (Å²) >= 11 is 6.65. The van der Waals surface area contributed by atoms with Crippen LogP contribution in [0.4, 0.5) is 10.6 Å². The monoisotopic (exact) mass is 680 g/mol. The zero-order valence-corrected chi connectivity index (χ0v) is 29.0. The van der Waals surface area contributed by atoms with Gasteiger partial charge < -0.3 is 25.6 Å². The number of nitrogens with one attached hydrogen (secondary N) is 1. The Labute approximate surface area is 291 Å². The molecule has 0 saturated carbocycles. The molecule has 0 radical (unpaired) electrons. The molecule has 0 atom stereocenters. The minimum absolute atomic E-state index is 0.0483. The summed E-state index contributed by atoms with van der Waals surface area (Å²) in [5, 5.41) is 6.56. The van der Waals surface area contributed by atoms with Crippen LogP contribution in [-0.2, 0) is 16.1 Å². The number of halogens is 1. The van der Waals surface area contributed by atoms with Crippen molar-refractivity contribution >= 4 is 57.0 Å². The Bertz CT molecular complexity index is 1980. The Morgan fingerprint density at radius 3 is 2.43 bits per heavy atom. The largest absolute Gasteiger partial charge is 0.444 e. The molecule has 49 heavy (non-hydrogen) atoms. The van der Waals surface area contributed by atoms with E-state index in [1.54, 1.807) is 41.4 Å². The number of fused-ring (bicyclic) bond motifs is 3. The fourth-order valence-corrected chi connectivity index (χ4v) is 5.82. The summed E-state index contributed by atoms with van der Waals surface area (Å²) in [5.74, 6) is 0.0471. The van der Waals surface area contributed by atoms with Crippen LogP contribution in [0, 0.1) is 0 Å². The van der Waals surface area contributed by atoms with Crippen LogP contribution in [0.3, 0.4) is 0 Å². The van der Waals surface area contributed by atoms with E-state index >= 15 is 0 Å². The molecule has 5 rings (SSSR count). The van der Waals surface area contributed by atoms with E-state index in [-0.39, 0.29) is 12.3 Å². The van der Waals surface area contributed by atoms with Crippen molar-refractivity contribution < 1.29 is 19.1 Å². The van der Waals surface area contributed by atoms with Crippen molar-refractivity contribution in [1.29, 1.82) is 0 Å². The molecule has 2 heterocycles. The Kier molecular flexibility index (Phi) is 11.0. The molecule has 0 aliphatic carbocycles. The minimum Gasteiger partial charge on any atom is -0.444 e. The Balaban J connectivity index is 1.19. The van der Waals surface area contributed by atoms with Crippen LogP contribution in [0.2, 0.25) is 5.02 Å².